The van der Waals surface area contributed by atoms with E-state index in [0.29, 0.717) is 31.3 Å². The summed E-state index contributed by atoms with van der Waals surface area (Å²) in [6, 6.07) is 14.9. The third-order valence-electron chi connectivity index (χ3n) is 3.63. The van der Waals surface area contributed by atoms with Crippen LogP contribution >= 0.6 is 0 Å². The number of benzene rings is 2. The molecule has 22 heavy (non-hydrogen) atoms. The average Bonchev–Trinajstić information content (AvgIpc) is 2.56. The first-order valence-corrected chi connectivity index (χ1v) is 7.55. The van der Waals surface area contributed by atoms with Crippen LogP contribution in [0, 0.1) is 0 Å². The molecule has 1 fully saturated rings. The Labute approximate surface area is 130 Å². The van der Waals surface area contributed by atoms with Gasteiger partial charge in [-0.2, -0.15) is 0 Å². The van der Waals surface area contributed by atoms with E-state index in [-0.39, 0.29) is 11.9 Å². The Morgan fingerprint density at radius 3 is 2.55 bits per heavy atom. The maximum Gasteiger partial charge on any atom is 0.165 e. The fourth-order valence-corrected chi connectivity index (χ4v) is 2.42. The Morgan fingerprint density at radius 1 is 1.00 bits per heavy atom. The standard InChI is InChI=1S/C18H20O4/c19-15-6-7-17(21-13-14-4-2-1-3-5-14)18(12-15)22-16-8-10-20-11-9-16/h1-7,12,16,19H,8-11,13H2. The fourth-order valence-electron chi connectivity index (χ4n) is 2.42. The van der Waals surface area contributed by atoms with Gasteiger partial charge in [0.25, 0.3) is 0 Å². The predicted molar refractivity (Wildman–Crippen MR) is 83.3 cm³/mol. The van der Waals surface area contributed by atoms with Crippen molar-refractivity contribution in [2.75, 3.05) is 13.2 Å². The molecule has 0 saturated carbocycles. The van der Waals surface area contributed by atoms with Crippen molar-refractivity contribution in [3.8, 4) is 17.2 Å². The largest absolute Gasteiger partial charge is 0.508 e. The van der Waals surface area contributed by atoms with Gasteiger partial charge in [0.2, 0.25) is 0 Å². The number of phenols is 1. The summed E-state index contributed by atoms with van der Waals surface area (Å²) >= 11 is 0. The van der Waals surface area contributed by atoms with Crippen molar-refractivity contribution >= 4 is 0 Å². The van der Waals surface area contributed by atoms with Gasteiger partial charge in [-0.25, -0.2) is 0 Å². The molecule has 2 aromatic rings. The zero-order valence-electron chi connectivity index (χ0n) is 12.4. The molecule has 116 valence electrons. The normalized spacial score (nSPS) is 15.5. The van der Waals surface area contributed by atoms with E-state index in [1.807, 2.05) is 30.3 Å². The Hall–Kier alpha value is -2.20. The van der Waals surface area contributed by atoms with Gasteiger partial charge < -0.3 is 19.3 Å². The number of hydrogen-bond acceptors (Lipinski definition) is 4. The molecule has 0 radical (unpaired) electrons. The van der Waals surface area contributed by atoms with Crippen LogP contribution in [0.3, 0.4) is 0 Å². The monoisotopic (exact) mass is 300 g/mol. The van der Waals surface area contributed by atoms with Gasteiger partial charge in [-0.05, 0) is 17.7 Å². The topological polar surface area (TPSA) is 47.9 Å². The molecule has 1 N–H and O–H groups in total. The summed E-state index contributed by atoms with van der Waals surface area (Å²) in [6.45, 7) is 1.89. The molecule has 1 aliphatic rings. The first kappa shape index (κ1) is 14.7. The third-order valence-corrected chi connectivity index (χ3v) is 3.63. The van der Waals surface area contributed by atoms with Gasteiger partial charge in [-0.15, -0.1) is 0 Å². The Bertz CT molecular complexity index is 591. The van der Waals surface area contributed by atoms with Crippen LogP contribution in [0.1, 0.15) is 18.4 Å². The van der Waals surface area contributed by atoms with Crippen molar-refractivity contribution in [1.29, 1.82) is 0 Å². The minimum atomic E-state index is 0.106. The molecule has 0 amide bonds. The minimum Gasteiger partial charge on any atom is -0.508 e. The first-order chi connectivity index (χ1) is 10.8. The molecule has 0 bridgehead atoms. The second-order valence-electron chi connectivity index (χ2n) is 5.33. The van der Waals surface area contributed by atoms with Crippen molar-refractivity contribution in [3.05, 3.63) is 54.1 Å². The molecule has 0 unspecified atom stereocenters. The van der Waals surface area contributed by atoms with E-state index in [0.717, 1.165) is 18.4 Å². The third kappa shape index (κ3) is 3.92. The van der Waals surface area contributed by atoms with Crippen LogP contribution in [-0.4, -0.2) is 24.4 Å². The van der Waals surface area contributed by atoms with E-state index >= 15 is 0 Å². The van der Waals surface area contributed by atoms with Crippen LogP contribution in [0.25, 0.3) is 0 Å². The van der Waals surface area contributed by atoms with Crippen LogP contribution in [-0.2, 0) is 11.3 Å². The highest BCUT2D eigenvalue weighted by Crippen LogP contribution is 2.33. The maximum atomic E-state index is 9.69. The van der Waals surface area contributed by atoms with Gasteiger partial charge in [-0.1, -0.05) is 30.3 Å². The summed E-state index contributed by atoms with van der Waals surface area (Å²) in [5, 5.41) is 9.69. The molecule has 0 aliphatic carbocycles. The molecule has 2 aromatic carbocycles. The van der Waals surface area contributed by atoms with E-state index in [1.165, 1.54) is 0 Å². The van der Waals surface area contributed by atoms with E-state index < -0.39 is 0 Å². The lowest BCUT2D eigenvalue weighted by Crippen LogP contribution is -2.26. The molecule has 0 aromatic heterocycles. The van der Waals surface area contributed by atoms with Crippen molar-refractivity contribution in [2.45, 2.75) is 25.6 Å². The van der Waals surface area contributed by atoms with Gasteiger partial charge in [0.05, 0.1) is 13.2 Å². The molecule has 3 rings (SSSR count). The zero-order chi connectivity index (χ0) is 15.2. The molecule has 1 saturated heterocycles. The van der Waals surface area contributed by atoms with E-state index in [9.17, 15) is 5.11 Å². The van der Waals surface area contributed by atoms with Gasteiger partial charge in [-0.3, -0.25) is 0 Å². The average molecular weight is 300 g/mol. The molecule has 1 heterocycles. The van der Waals surface area contributed by atoms with Crippen LogP contribution in [0.2, 0.25) is 0 Å². The van der Waals surface area contributed by atoms with Gasteiger partial charge in [0, 0.05) is 18.9 Å². The lowest BCUT2D eigenvalue weighted by Gasteiger charge is -2.24. The predicted octanol–water partition coefficient (Wildman–Crippen LogP) is 3.53. The Morgan fingerprint density at radius 2 is 1.77 bits per heavy atom. The van der Waals surface area contributed by atoms with E-state index in [4.69, 9.17) is 14.2 Å². The molecule has 1 aliphatic heterocycles. The van der Waals surface area contributed by atoms with Crippen LogP contribution in [0.4, 0.5) is 0 Å². The molecule has 0 atom stereocenters. The summed E-state index contributed by atoms with van der Waals surface area (Å²) in [4.78, 5) is 0. The number of ether oxygens (including phenoxy) is 3. The Balaban J connectivity index is 1.69. The van der Waals surface area contributed by atoms with E-state index in [1.54, 1.807) is 18.2 Å². The quantitative estimate of drug-likeness (QED) is 0.917. The van der Waals surface area contributed by atoms with Crippen LogP contribution < -0.4 is 9.47 Å². The number of aromatic hydroxyl groups is 1. The molecule has 4 nitrogen and oxygen atoms in total. The zero-order valence-corrected chi connectivity index (χ0v) is 12.4. The van der Waals surface area contributed by atoms with Crippen LogP contribution in [0.15, 0.2) is 48.5 Å². The lowest BCUT2D eigenvalue weighted by molar-refractivity contribution is 0.0241. The van der Waals surface area contributed by atoms with Gasteiger partial charge >= 0.3 is 0 Å². The van der Waals surface area contributed by atoms with Crippen molar-refractivity contribution < 1.29 is 19.3 Å². The SMILES string of the molecule is Oc1ccc(OCc2ccccc2)c(OC2CCOCC2)c1. The first-order valence-electron chi connectivity index (χ1n) is 7.55. The highest BCUT2D eigenvalue weighted by atomic mass is 16.5. The second kappa shape index (κ2) is 7.18. The molecule has 4 heteroatoms. The summed E-state index contributed by atoms with van der Waals surface area (Å²) in [5.74, 6) is 1.41. The van der Waals surface area contributed by atoms with Crippen LogP contribution in [0.5, 0.6) is 17.2 Å². The number of phenolic OH excluding ortho intramolecular Hbond substituents is 1. The lowest BCUT2D eigenvalue weighted by atomic mass is 10.1. The fraction of sp³-hybridized carbons (Fsp3) is 0.333. The molecular weight excluding hydrogens is 280 g/mol. The summed E-state index contributed by atoms with van der Waals surface area (Å²) in [7, 11) is 0. The van der Waals surface area contributed by atoms with Crippen molar-refractivity contribution in [2.24, 2.45) is 0 Å². The molecule has 0 spiro atoms. The van der Waals surface area contributed by atoms with E-state index in [2.05, 4.69) is 0 Å². The Kier molecular flexibility index (Phi) is 4.81. The van der Waals surface area contributed by atoms with Gasteiger partial charge in [0.15, 0.2) is 11.5 Å². The summed E-state index contributed by atoms with van der Waals surface area (Å²) < 4.78 is 17.2. The number of rotatable bonds is 5. The molecular formula is C18H20O4. The highest BCUT2D eigenvalue weighted by Gasteiger charge is 2.18. The second-order valence-corrected chi connectivity index (χ2v) is 5.33. The summed E-state index contributed by atoms with van der Waals surface area (Å²) in [6.07, 6.45) is 1.82. The maximum absolute atomic E-state index is 9.69. The summed E-state index contributed by atoms with van der Waals surface area (Å²) in [5.41, 5.74) is 1.09. The smallest absolute Gasteiger partial charge is 0.165 e. The van der Waals surface area contributed by atoms with Crippen molar-refractivity contribution in [1.82, 2.24) is 0 Å². The highest BCUT2D eigenvalue weighted by molar-refractivity contribution is 5.45. The van der Waals surface area contributed by atoms with Gasteiger partial charge in [0.1, 0.15) is 18.5 Å². The van der Waals surface area contributed by atoms with Crippen molar-refractivity contribution in [3.63, 3.8) is 0 Å². The minimum absolute atomic E-state index is 0.106. The number of hydrogen-bond donors (Lipinski definition) is 1.